The number of rotatable bonds is 4. The van der Waals surface area contributed by atoms with Gasteiger partial charge in [-0.05, 0) is 81.2 Å². The van der Waals surface area contributed by atoms with Crippen LogP contribution in [0.2, 0.25) is 0 Å². The first kappa shape index (κ1) is 24.0. The highest BCUT2D eigenvalue weighted by Crippen LogP contribution is 2.42. The van der Waals surface area contributed by atoms with E-state index in [1.807, 2.05) is 27.0 Å². The van der Waals surface area contributed by atoms with Gasteiger partial charge >= 0.3 is 6.09 Å². The number of alkyl carbamates (subject to hydrolysis) is 1. The second-order valence-electron chi connectivity index (χ2n) is 11.7. The summed E-state index contributed by atoms with van der Waals surface area (Å²) in [7, 11) is 0. The predicted octanol–water partition coefficient (Wildman–Crippen LogP) is 7.75. The molecule has 2 aromatic rings. The summed E-state index contributed by atoms with van der Waals surface area (Å²) < 4.78 is 7.91. The van der Waals surface area contributed by atoms with Crippen LogP contribution in [0.15, 0.2) is 54.9 Å². The van der Waals surface area contributed by atoms with Gasteiger partial charge in [0.2, 0.25) is 0 Å². The number of hydrogen-bond acceptors (Lipinski definition) is 3. The predicted molar refractivity (Wildman–Crippen MR) is 150 cm³/mol. The third-order valence-electron chi connectivity index (χ3n) is 8.01. The Bertz CT molecular complexity index is 1450. The van der Waals surface area contributed by atoms with Crippen molar-refractivity contribution in [3.05, 3.63) is 71.6 Å². The van der Waals surface area contributed by atoms with Gasteiger partial charge < -0.3 is 14.5 Å². The molecule has 5 heteroatoms. The van der Waals surface area contributed by atoms with E-state index in [9.17, 15) is 4.79 Å². The number of fused-ring (bicyclic) bond motifs is 7. The summed E-state index contributed by atoms with van der Waals surface area (Å²) in [4.78, 5) is 17.1. The first-order valence-corrected chi connectivity index (χ1v) is 13.9. The van der Waals surface area contributed by atoms with Crippen LogP contribution in [0.3, 0.4) is 0 Å². The molecule has 192 valence electrons. The fourth-order valence-corrected chi connectivity index (χ4v) is 6.47. The van der Waals surface area contributed by atoms with Gasteiger partial charge in [-0.1, -0.05) is 49.6 Å². The minimum Gasteiger partial charge on any atom is -0.444 e. The largest absolute Gasteiger partial charge is 0.444 e. The van der Waals surface area contributed by atoms with E-state index in [1.54, 1.807) is 0 Å². The molecule has 0 spiro atoms. The van der Waals surface area contributed by atoms with Gasteiger partial charge in [-0.25, -0.2) is 4.79 Å². The summed E-state index contributed by atoms with van der Waals surface area (Å²) in [5.41, 5.74) is 8.52. The lowest BCUT2D eigenvalue weighted by molar-refractivity contribution is 0.0527. The lowest BCUT2D eigenvalue weighted by atomic mass is 9.83. The highest BCUT2D eigenvalue weighted by Gasteiger charge is 2.27. The first-order chi connectivity index (χ1) is 17.9. The van der Waals surface area contributed by atoms with E-state index < -0.39 is 5.60 Å². The summed E-state index contributed by atoms with van der Waals surface area (Å²) in [6, 6.07) is 11.4. The molecule has 1 unspecified atom stereocenters. The zero-order valence-electron chi connectivity index (χ0n) is 22.2. The Balaban J connectivity index is 1.46. The lowest BCUT2D eigenvalue weighted by Gasteiger charge is -2.23. The fourth-order valence-electron chi connectivity index (χ4n) is 6.47. The molecular formula is C32H37N3O2. The summed E-state index contributed by atoms with van der Waals surface area (Å²) in [5, 5.41) is 4.28. The zero-order chi connectivity index (χ0) is 25.6. The Hall–Kier alpha value is -3.34. The van der Waals surface area contributed by atoms with Gasteiger partial charge in [0.15, 0.2) is 0 Å². The van der Waals surface area contributed by atoms with Gasteiger partial charge in [-0.2, -0.15) is 0 Å². The van der Waals surface area contributed by atoms with Crippen LogP contribution in [0.1, 0.15) is 87.8 Å². The molecule has 1 N–H and O–H groups in total. The number of hydrogen-bond donors (Lipinski definition) is 1. The monoisotopic (exact) mass is 495 g/mol. The molecule has 1 aromatic carbocycles. The Morgan fingerprint density at radius 2 is 2.00 bits per heavy atom. The maximum Gasteiger partial charge on any atom is 0.407 e. The van der Waals surface area contributed by atoms with E-state index >= 15 is 0 Å². The van der Waals surface area contributed by atoms with Crippen LogP contribution in [-0.2, 0) is 11.2 Å². The van der Waals surface area contributed by atoms with Gasteiger partial charge in [-0.15, -0.1) is 0 Å². The van der Waals surface area contributed by atoms with Crippen molar-refractivity contribution in [3.8, 4) is 11.3 Å². The maximum absolute atomic E-state index is 12.3. The van der Waals surface area contributed by atoms with Crippen molar-refractivity contribution in [3.63, 3.8) is 0 Å². The summed E-state index contributed by atoms with van der Waals surface area (Å²) in [5.74, 6) is 0.815. The smallest absolute Gasteiger partial charge is 0.407 e. The molecule has 2 aliphatic carbocycles. The van der Waals surface area contributed by atoms with Crippen LogP contribution in [0.25, 0.3) is 27.7 Å². The lowest BCUT2D eigenvalue weighted by Crippen LogP contribution is -2.33. The van der Waals surface area contributed by atoms with Crippen LogP contribution in [0.5, 0.6) is 0 Å². The van der Waals surface area contributed by atoms with E-state index in [0.717, 1.165) is 18.5 Å². The molecule has 1 amide bonds. The average molecular weight is 496 g/mol. The number of carbonyl (C=O) groups excluding carboxylic acids is 1. The van der Waals surface area contributed by atoms with Crippen molar-refractivity contribution in [2.24, 2.45) is 0 Å². The second-order valence-corrected chi connectivity index (χ2v) is 11.7. The maximum atomic E-state index is 12.3. The number of benzene rings is 1. The Morgan fingerprint density at radius 1 is 1.16 bits per heavy atom. The summed E-state index contributed by atoms with van der Waals surface area (Å²) in [6.07, 6.45) is 16.7. The SMILES string of the molecule is CC(C)(C)OC(=O)NCCC1C=CCc2c3nccc-3cn3c(cc4cccc(C5CCCCC5)c43)c21. The molecular weight excluding hydrogens is 458 g/mol. The zero-order valence-corrected chi connectivity index (χ0v) is 22.2. The number of nitrogens with one attached hydrogen (secondary N) is 1. The van der Waals surface area contributed by atoms with Crippen LogP contribution in [0.4, 0.5) is 4.79 Å². The summed E-state index contributed by atoms with van der Waals surface area (Å²) >= 11 is 0. The van der Waals surface area contributed by atoms with E-state index in [2.05, 4.69) is 58.4 Å². The molecule has 6 rings (SSSR count). The number of amides is 1. The van der Waals surface area contributed by atoms with Crippen LogP contribution in [0, 0.1) is 0 Å². The Kier molecular flexibility index (Phi) is 6.18. The molecule has 1 atom stereocenters. The molecule has 0 bridgehead atoms. The van der Waals surface area contributed by atoms with E-state index in [4.69, 9.17) is 9.72 Å². The standard InChI is InChI=1S/C32H37N3O2/c1-32(2,3)37-31(36)34-18-15-22-11-7-14-26-28(22)27-19-23-12-8-13-25(21-9-5-4-6-10-21)30(23)35(27)20-24-16-17-33-29(24)26/h7-8,11-13,16-17,19-22H,4-6,9-10,14-15,18H2,1-3H3,(H,34,36). The van der Waals surface area contributed by atoms with Crippen LogP contribution >= 0.6 is 0 Å². The molecule has 37 heavy (non-hydrogen) atoms. The van der Waals surface area contributed by atoms with Gasteiger partial charge in [0.1, 0.15) is 5.60 Å². The Labute approximate surface area is 219 Å². The topological polar surface area (TPSA) is 55.6 Å². The number of ether oxygens (including phenoxy) is 1. The minimum atomic E-state index is -0.502. The minimum absolute atomic E-state index is 0.191. The highest BCUT2D eigenvalue weighted by atomic mass is 16.6. The molecule has 0 saturated heterocycles. The van der Waals surface area contributed by atoms with Crippen molar-refractivity contribution in [1.82, 2.24) is 14.7 Å². The van der Waals surface area contributed by atoms with Gasteiger partial charge in [0.25, 0.3) is 0 Å². The quantitative estimate of drug-likeness (QED) is 0.295. The molecule has 1 fully saturated rings. The van der Waals surface area contributed by atoms with Gasteiger partial charge in [-0.3, -0.25) is 4.98 Å². The summed E-state index contributed by atoms with van der Waals surface area (Å²) in [6.45, 7) is 6.22. The number of aromatic nitrogens is 2. The number of carbonyl (C=O) groups is 1. The molecule has 2 aliphatic heterocycles. The number of para-hydroxylation sites is 1. The van der Waals surface area contributed by atoms with Gasteiger partial charge in [0, 0.05) is 35.8 Å². The molecule has 5 nitrogen and oxygen atoms in total. The van der Waals surface area contributed by atoms with E-state index in [1.165, 1.54) is 70.8 Å². The third kappa shape index (κ3) is 4.60. The average Bonchev–Trinajstić information content (AvgIpc) is 3.45. The van der Waals surface area contributed by atoms with Crippen molar-refractivity contribution in [1.29, 1.82) is 0 Å². The third-order valence-corrected chi connectivity index (χ3v) is 8.01. The van der Waals surface area contributed by atoms with Crippen molar-refractivity contribution >= 4 is 22.5 Å². The normalized spacial score (nSPS) is 18.4. The number of nitrogens with zero attached hydrogens (tertiary/aromatic N) is 2. The van der Waals surface area contributed by atoms with Crippen LogP contribution in [-0.4, -0.2) is 27.6 Å². The van der Waals surface area contributed by atoms with Crippen molar-refractivity contribution in [2.45, 2.75) is 83.2 Å². The molecule has 3 heterocycles. The van der Waals surface area contributed by atoms with Gasteiger partial charge in [0.05, 0.1) is 16.7 Å². The van der Waals surface area contributed by atoms with E-state index in [-0.39, 0.29) is 12.0 Å². The van der Waals surface area contributed by atoms with Crippen molar-refractivity contribution in [2.75, 3.05) is 6.54 Å². The highest BCUT2D eigenvalue weighted by molar-refractivity contribution is 5.92. The molecule has 1 saturated carbocycles. The second kappa shape index (κ2) is 9.51. The van der Waals surface area contributed by atoms with Crippen LogP contribution < -0.4 is 5.32 Å². The Morgan fingerprint density at radius 3 is 2.81 bits per heavy atom. The van der Waals surface area contributed by atoms with E-state index in [0.29, 0.717) is 12.5 Å². The molecule has 1 aromatic heterocycles. The van der Waals surface area contributed by atoms with Crippen molar-refractivity contribution < 1.29 is 9.53 Å². The fraction of sp³-hybridized carbons (Fsp3) is 0.438. The number of allylic oxidation sites excluding steroid dienone is 2. The molecule has 4 aliphatic rings. The molecule has 0 radical (unpaired) electrons. The first-order valence-electron chi connectivity index (χ1n) is 13.9.